The Kier molecular flexibility index (Phi) is 9.69. The third-order valence-corrected chi connectivity index (χ3v) is 4.77. The molecular weight excluding hydrogens is 479 g/mol. The summed E-state index contributed by atoms with van der Waals surface area (Å²) in [5.41, 5.74) is 2.16. The van der Waals surface area contributed by atoms with Gasteiger partial charge in [0, 0.05) is 58.1 Å². The van der Waals surface area contributed by atoms with E-state index in [1.165, 1.54) is 5.69 Å². The van der Waals surface area contributed by atoms with Gasteiger partial charge in [0.2, 0.25) is 5.91 Å². The van der Waals surface area contributed by atoms with Gasteiger partial charge in [-0.15, -0.1) is 24.0 Å². The Morgan fingerprint density at radius 1 is 1.03 bits per heavy atom. The third kappa shape index (κ3) is 7.19. The van der Waals surface area contributed by atoms with Gasteiger partial charge in [0.25, 0.3) is 0 Å². The van der Waals surface area contributed by atoms with Crippen molar-refractivity contribution in [1.29, 1.82) is 0 Å². The summed E-state index contributed by atoms with van der Waals surface area (Å²) < 4.78 is 0. The number of amides is 1. The summed E-state index contributed by atoms with van der Waals surface area (Å²) in [6.45, 7) is 4.42. The van der Waals surface area contributed by atoms with Crippen LogP contribution in [0.2, 0.25) is 0 Å². The number of rotatable bonds is 6. The minimum Gasteiger partial charge on any atom is -0.368 e. The molecule has 156 valence electrons. The summed E-state index contributed by atoms with van der Waals surface area (Å²) in [4.78, 5) is 25.2. The second-order valence-corrected chi connectivity index (χ2v) is 6.63. The second-order valence-electron chi connectivity index (χ2n) is 6.63. The lowest BCUT2D eigenvalue weighted by Gasteiger charge is -2.36. The fourth-order valence-corrected chi connectivity index (χ4v) is 3.20. The van der Waals surface area contributed by atoms with Crippen molar-refractivity contribution in [1.82, 2.24) is 20.5 Å². The van der Waals surface area contributed by atoms with Crippen molar-refractivity contribution < 1.29 is 4.79 Å². The number of anilines is 1. The highest BCUT2D eigenvalue weighted by atomic mass is 127. The molecule has 1 aliphatic heterocycles. The number of aromatic nitrogens is 1. The maximum Gasteiger partial charge on any atom is 0.224 e. The molecule has 0 aliphatic carbocycles. The van der Waals surface area contributed by atoms with Crippen LogP contribution in [0.3, 0.4) is 0 Å². The zero-order valence-electron chi connectivity index (χ0n) is 16.8. The molecule has 2 heterocycles. The molecule has 1 aliphatic rings. The molecule has 1 aromatic carbocycles. The van der Waals surface area contributed by atoms with E-state index in [1.54, 1.807) is 13.2 Å². The van der Waals surface area contributed by atoms with Crippen molar-refractivity contribution in [3.8, 4) is 0 Å². The molecule has 0 radical (unpaired) electrons. The predicted molar refractivity (Wildman–Crippen MR) is 128 cm³/mol. The van der Waals surface area contributed by atoms with Crippen LogP contribution in [-0.2, 0) is 11.3 Å². The van der Waals surface area contributed by atoms with E-state index in [0.29, 0.717) is 25.5 Å². The van der Waals surface area contributed by atoms with Gasteiger partial charge in [-0.3, -0.25) is 14.8 Å². The van der Waals surface area contributed by atoms with Crippen LogP contribution in [0, 0.1) is 0 Å². The first-order valence-electron chi connectivity index (χ1n) is 9.68. The number of guanidine groups is 1. The number of benzene rings is 1. The van der Waals surface area contributed by atoms with Crippen LogP contribution in [0.1, 0.15) is 12.1 Å². The minimum atomic E-state index is 0. The first kappa shape index (κ1) is 22.9. The van der Waals surface area contributed by atoms with E-state index < -0.39 is 0 Å². The second kappa shape index (κ2) is 12.3. The lowest BCUT2D eigenvalue weighted by atomic mass is 10.2. The first-order valence-corrected chi connectivity index (χ1v) is 9.68. The Balaban J connectivity index is 0.00000300. The topological polar surface area (TPSA) is 72.9 Å². The highest BCUT2D eigenvalue weighted by molar-refractivity contribution is 14.0. The van der Waals surface area contributed by atoms with Crippen molar-refractivity contribution in [2.75, 3.05) is 44.7 Å². The highest BCUT2D eigenvalue weighted by Crippen LogP contribution is 2.15. The molecule has 29 heavy (non-hydrogen) atoms. The van der Waals surface area contributed by atoms with Crippen molar-refractivity contribution in [3.05, 3.63) is 60.4 Å². The Morgan fingerprint density at radius 2 is 1.76 bits per heavy atom. The molecule has 2 N–H and O–H groups in total. The molecule has 8 heteroatoms. The molecule has 1 saturated heterocycles. The maximum absolute atomic E-state index is 12.5. The van der Waals surface area contributed by atoms with E-state index in [0.717, 1.165) is 31.9 Å². The summed E-state index contributed by atoms with van der Waals surface area (Å²) in [6.07, 6.45) is 2.22. The number of hydrogen-bond acceptors (Lipinski definition) is 4. The van der Waals surface area contributed by atoms with Gasteiger partial charge in [-0.25, -0.2) is 0 Å². The average Bonchev–Trinajstić information content (AvgIpc) is 2.77. The van der Waals surface area contributed by atoms with Crippen molar-refractivity contribution in [2.45, 2.75) is 13.0 Å². The van der Waals surface area contributed by atoms with Gasteiger partial charge < -0.3 is 20.4 Å². The van der Waals surface area contributed by atoms with E-state index >= 15 is 0 Å². The number of nitrogens with one attached hydrogen (secondary N) is 2. The van der Waals surface area contributed by atoms with Gasteiger partial charge in [0.15, 0.2) is 5.96 Å². The van der Waals surface area contributed by atoms with Crippen LogP contribution >= 0.6 is 24.0 Å². The molecular formula is C21H29IN6O. The summed E-state index contributed by atoms with van der Waals surface area (Å²) in [5.74, 6) is 0.854. The first-order chi connectivity index (χ1) is 13.8. The van der Waals surface area contributed by atoms with E-state index in [4.69, 9.17) is 0 Å². The lowest BCUT2D eigenvalue weighted by molar-refractivity contribution is -0.131. The molecule has 1 aromatic heterocycles. The summed E-state index contributed by atoms with van der Waals surface area (Å²) in [7, 11) is 1.72. The number of aliphatic imine (C=N–C) groups is 1. The van der Waals surface area contributed by atoms with Gasteiger partial charge in [-0.2, -0.15) is 0 Å². The van der Waals surface area contributed by atoms with Crippen molar-refractivity contribution >= 4 is 41.5 Å². The van der Waals surface area contributed by atoms with Crippen LogP contribution in [0.5, 0.6) is 0 Å². The molecule has 3 rings (SSSR count). The Bertz CT molecular complexity index is 763. The quantitative estimate of drug-likeness (QED) is 0.356. The predicted octanol–water partition coefficient (Wildman–Crippen LogP) is 2.10. The van der Waals surface area contributed by atoms with Gasteiger partial charge in [0.05, 0.1) is 12.2 Å². The molecule has 0 bridgehead atoms. The number of hydrogen-bond donors (Lipinski definition) is 2. The average molecular weight is 508 g/mol. The normalized spacial score (nSPS) is 14.2. The fourth-order valence-electron chi connectivity index (χ4n) is 3.20. The number of para-hydroxylation sites is 1. The number of piperazine rings is 1. The SMILES string of the molecule is CN=C(NCCC(=O)N1CCN(c2ccccc2)CC1)NCc1ccccn1.I. The molecule has 0 saturated carbocycles. The van der Waals surface area contributed by atoms with Gasteiger partial charge >= 0.3 is 0 Å². The third-order valence-electron chi connectivity index (χ3n) is 4.77. The standard InChI is InChI=1S/C21H28N6O.HI/c1-22-21(25-17-18-7-5-6-11-23-18)24-12-10-20(28)27-15-13-26(14-16-27)19-8-3-2-4-9-19;/h2-9,11H,10,12-17H2,1H3,(H2,22,24,25);1H. The largest absolute Gasteiger partial charge is 0.368 e. The molecule has 0 spiro atoms. The van der Waals surface area contributed by atoms with Crippen molar-refractivity contribution in [2.24, 2.45) is 4.99 Å². The minimum absolute atomic E-state index is 0. The summed E-state index contributed by atoms with van der Waals surface area (Å²) >= 11 is 0. The lowest BCUT2D eigenvalue weighted by Crippen LogP contribution is -2.49. The molecule has 1 amide bonds. The van der Waals surface area contributed by atoms with Gasteiger partial charge in [-0.1, -0.05) is 24.3 Å². The Morgan fingerprint density at radius 3 is 2.41 bits per heavy atom. The zero-order chi connectivity index (χ0) is 19.6. The maximum atomic E-state index is 12.5. The summed E-state index contributed by atoms with van der Waals surface area (Å²) in [6, 6.07) is 16.2. The van der Waals surface area contributed by atoms with Gasteiger partial charge in [0.1, 0.15) is 0 Å². The van der Waals surface area contributed by atoms with E-state index in [2.05, 4.69) is 37.6 Å². The monoisotopic (exact) mass is 508 g/mol. The van der Waals surface area contributed by atoms with Crippen LogP contribution in [0.25, 0.3) is 0 Å². The van der Waals surface area contributed by atoms with Crippen LogP contribution in [0.15, 0.2) is 59.7 Å². The molecule has 2 aromatic rings. The van der Waals surface area contributed by atoms with E-state index in [9.17, 15) is 4.79 Å². The number of carbonyl (C=O) groups excluding carboxylic acids is 1. The molecule has 0 atom stereocenters. The van der Waals surface area contributed by atoms with Crippen LogP contribution in [-0.4, -0.2) is 61.5 Å². The smallest absolute Gasteiger partial charge is 0.224 e. The molecule has 0 unspecified atom stereocenters. The Hall–Kier alpha value is -2.36. The fraction of sp³-hybridized carbons (Fsp3) is 0.381. The van der Waals surface area contributed by atoms with E-state index in [-0.39, 0.29) is 29.9 Å². The number of halogens is 1. The molecule has 1 fully saturated rings. The van der Waals surface area contributed by atoms with Crippen LogP contribution < -0.4 is 15.5 Å². The number of carbonyl (C=O) groups is 1. The van der Waals surface area contributed by atoms with Crippen LogP contribution in [0.4, 0.5) is 5.69 Å². The molecule has 7 nitrogen and oxygen atoms in total. The number of pyridine rings is 1. The van der Waals surface area contributed by atoms with E-state index in [1.807, 2.05) is 41.3 Å². The highest BCUT2D eigenvalue weighted by Gasteiger charge is 2.20. The zero-order valence-corrected chi connectivity index (χ0v) is 19.1. The number of nitrogens with zero attached hydrogens (tertiary/aromatic N) is 4. The Labute approximate surface area is 189 Å². The van der Waals surface area contributed by atoms with Crippen molar-refractivity contribution in [3.63, 3.8) is 0 Å². The summed E-state index contributed by atoms with van der Waals surface area (Å²) in [5, 5.41) is 6.41. The van der Waals surface area contributed by atoms with Gasteiger partial charge in [-0.05, 0) is 24.3 Å².